The molecule has 2 amide bonds. The van der Waals surface area contributed by atoms with Gasteiger partial charge in [0.2, 0.25) is 11.6 Å². The maximum atomic E-state index is 15.0. The van der Waals surface area contributed by atoms with Gasteiger partial charge in [0.05, 0.1) is 28.5 Å². The summed E-state index contributed by atoms with van der Waals surface area (Å²) in [5, 5.41) is 20.9. The maximum absolute atomic E-state index is 15.0. The Morgan fingerprint density at radius 1 is 1.14 bits per heavy atom. The Labute approximate surface area is 197 Å². The SMILES string of the molecule is CC(=O)NC12CC(NC(NC(=O)c3cccnc3)(c3ccc4cc(C#N)cnn34)C(F)(F)F)(C1)C2. The first-order chi connectivity index (χ1) is 16.5. The molecule has 9 nitrogen and oxygen atoms in total. The van der Waals surface area contributed by atoms with Crippen LogP contribution in [-0.2, 0) is 10.5 Å². The van der Waals surface area contributed by atoms with Crippen molar-refractivity contribution in [2.75, 3.05) is 0 Å². The molecule has 0 aromatic carbocycles. The molecule has 6 rings (SSSR count). The number of carbonyl (C=O) groups is 2. The highest BCUT2D eigenvalue weighted by Crippen LogP contribution is 2.62. The highest BCUT2D eigenvalue weighted by molar-refractivity contribution is 5.94. The number of rotatable bonds is 6. The zero-order valence-corrected chi connectivity index (χ0v) is 18.5. The first-order valence-corrected chi connectivity index (χ1v) is 10.8. The molecule has 3 saturated carbocycles. The minimum Gasteiger partial charge on any atom is -0.351 e. The van der Waals surface area contributed by atoms with Crippen molar-refractivity contribution in [1.82, 2.24) is 30.5 Å². The van der Waals surface area contributed by atoms with E-state index < -0.39 is 28.8 Å². The number of halogens is 3. The summed E-state index contributed by atoms with van der Waals surface area (Å²) in [7, 11) is 0. The number of nitriles is 1. The molecule has 1 atom stereocenters. The first kappa shape index (κ1) is 22.8. The van der Waals surface area contributed by atoms with Gasteiger partial charge in [-0.25, -0.2) is 4.52 Å². The highest BCUT2D eigenvalue weighted by Gasteiger charge is 2.73. The monoisotopic (exact) mass is 483 g/mol. The molecule has 3 fully saturated rings. The molecule has 3 heterocycles. The topological polar surface area (TPSA) is 124 Å². The van der Waals surface area contributed by atoms with Crippen LogP contribution in [-0.4, -0.2) is 43.7 Å². The van der Waals surface area contributed by atoms with Crippen LogP contribution in [0, 0.1) is 11.3 Å². The van der Waals surface area contributed by atoms with Crippen LogP contribution in [0.15, 0.2) is 48.9 Å². The first-order valence-electron chi connectivity index (χ1n) is 10.8. The van der Waals surface area contributed by atoms with E-state index in [4.69, 9.17) is 5.26 Å². The van der Waals surface area contributed by atoms with Gasteiger partial charge in [0.25, 0.3) is 5.91 Å². The average molecular weight is 483 g/mol. The third-order valence-corrected chi connectivity index (χ3v) is 6.59. The van der Waals surface area contributed by atoms with Gasteiger partial charge in [0.15, 0.2) is 0 Å². The molecular weight excluding hydrogens is 463 g/mol. The summed E-state index contributed by atoms with van der Waals surface area (Å²) >= 11 is 0. The number of hydrogen-bond donors (Lipinski definition) is 3. The summed E-state index contributed by atoms with van der Waals surface area (Å²) in [6.45, 7) is 1.36. The summed E-state index contributed by atoms with van der Waals surface area (Å²) in [5.41, 5.74) is -4.46. The van der Waals surface area contributed by atoms with Gasteiger partial charge in [-0.15, -0.1) is 0 Å². The van der Waals surface area contributed by atoms with Gasteiger partial charge in [0, 0.05) is 30.4 Å². The molecule has 1 unspecified atom stereocenters. The molecule has 0 aliphatic heterocycles. The van der Waals surface area contributed by atoms with E-state index in [1.165, 1.54) is 49.6 Å². The van der Waals surface area contributed by atoms with Crippen molar-refractivity contribution in [3.8, 4) is 6.07 Å². The minimum absolute atomic E-state index is 0.0455. The molecule has 3 aliphatic carbocycles. The van der Waals surface area contributed by atoms with Crippen LogP contribution in [0.25, 0.3) is 5.52 Å². The van der Waals surface area contributed by atoms with E-state index in [1.54, 1.807) is 0 Å². The van der Waals surface area contributed by atoms with Gasteiger partial charge in [-0.05, 0) is 49.6 Å². The Kier molecular flexibility index (Phi) is 4.89. The fraction of sp³-hybridized carbons (Fsp3) is 0.348. The van der Waals surface area contributed by atoms with Crippen molar-refractivity contribution < 1.29 is 22.8 Å². The fourth-order valence-corrected chi connectivity index (χ4v) is 5.35. The van der Waals surface area contributed by atoms with Crippen LogP contribution in [0.4, 0.5) is 13.2 Å². The molecule has 3 aromatic heterocycles. The van der Waals surface area contributed by atoms with Crippen molar-refractivity contribution in [2.45, 2.75) is 49.1 Å². The number of fused-ring (bicyclic) bond motifs is 1. The summed E-state index contributed by atoms with van der Waals surface area (Å²) < 4.78 is 46.2. The van der Waals surface area contributed by atoms with E-state index in [2.05, 4.69) is 26.0 Å². The van der Waals surface area contributed by atoms with Gasteiger partial charge in [-0.3, -0.25) is 19.9 Å². The van der Waals surface area contributed by atoms with Gasteiger partial charge in [0.1, 0.15) is 6.07 Å². The van der Waals surface area contributed by atoms with Crippen LogP contribution < -0.4 is 16.0 Å². The minimum atomic E-state index is -4.99. The number of hydrogen-bond acceptors (Lipinski definition) is 6. The van der Waals surface area contributed by atoms with Crippen molar-refractivity contribution in [2.24, 2.45) is 0 Å². The molecule has 12 heteroatoms. The van der Waals surface area contributed by atoms with Gasteiger partial charge >= 0.3 is 6.18 Å². The molecule has 3 aromatic rings. The zero-order chi connectivity index (χ0) is 25.1. The van der Waals surface area contributed by atoms with E-state index in [-0.39, 0.29) is 47.5 Å². The molecule has 3 aliphatic rings. The number of amides is 2. The predicted octanol–water partition coefficient (Wildman–Crippen LogP) is 2.15. The number of aromatic nitrogens is 3. The number of alkyl halides is 3. The molecule has 2 bridgehead atoms. The number of nitrogens with zero attached hydrogens (tertiary/aromatic N) is 4. The molecule has 180 valence electrons. The van der Waals surface area contributed by atoms with Gasteiger partial charge in [-0.2, -0.15) is 23.5 Å². The Hall–Kier alpha value is -3.98. The number of pyridine rings is 1. The maximum Gasteiger partial charge on any atom is 0.431 e. The van der Waals surface area contributed by atoms with Crippen molar-refractivity contribution >= 4 is 17.3 Å². The van der Waals surface area contributed by atoms with Gasteiger partial charge in [-0.1, -0.05) is 0 Å². The van der Waals surface area contributed by atoms with E-state index >= 15 is 13.2 Å². The van der Waals surface area contributed by atoms with E-state index in [0.29, 0.717) is 0 Å². The van der Waals surface area contributed by atoms with Crippen LogP contribution in [0.3, 0.4) is 0 Å². The Morgan fingerprint density at radius 2 is 1.89 bits per heavy atom. The van der Waals surface area contributed by atoms with Crippen LogP contribution >= 0.6 is 0 Å². The molecule has 0 radical (unpaired) electrons. The van der Waals surface area contributed by atoms with Crippen LogP contribution in [0.1, 0.15) is 47.8 Å². The number of carbonyl (C=O) groups excluding carboxylic acids is 2. The predicted molar refractivity (Wildman–Crippen MR) is 116 cm³/mol. The van der Waals surface area contributed by atoms with E-state index in [9.17, 15) is 9.59 Å². The Balaban J connectivity index is 1.60. The quantitative estimate of drug-likeness (QED) is 0.462. The van der Waals surface area contributed by atoms with Crippen molar-refractivity contribution in [3.63, 3.8) is 0 Å². The average Bonchev–Trinajstić information content (AvgIpc) is 3.19. The molecule has 0 spiro atoms. The van der Waals surface area contributed by atoms with E-state index in [1.807, 2.05) is 6.07 Å². The normalized spacial score (nSPS) is 24.4. The largest absolute Gasteiger partial charge is 0.431 e. The standard InChI is InChI=1S/C23H20F3N7O2/c1-14(34)30-20-11-21(12-20,13-20)32-22(23(24,25)26,31-19(35)16-3-2-6-28-10-16)18-5-4-17-7-15(8-27)9-29-33(17)18/h2-7,9-10,32H,11-13H2,1H3,(H,30,34)(H,31,35). The third kappa shape index (κ3) is 3.59. The summed E-state index contributed by atoms with van der Waals surface area (Å²) in [4.78, 5) is 28.4. The smallest absolute Gasteiger partial charge is 0.351 e. The molecule has 35 heavy (non-hydrogen) atoms. The molecular formula is C23H20F3N7O2. The second-order valence-corrected chi connectivity index (χ2v) is 9.25. The zero-order valence-electron chi connectivity index (χ0n) is 18.5. The van der Waals surface area contributed by atoms with Crippen molar-refractivity contribution in [3.05, 3.63) is 65.7 Å². The van der Waals surface area contributed by atoms with Crippen molar-refractivity contribution in [1.29, 1.82) is 5.26 Å². The second kappa shape index (κ2) is 7.51. The second-order valence-electron chi connectivity index (χ2n) is 9.25. The third-order valence-electron chi connectivity index (χ3n) is 6.59. The highest BCUT2D eigenvalue weighted by atomic mass is 19.4. The lowest BCUT2D eigenvalue weighted by Gasteiger charge is -2.72. The molecule has 0 saturated heterocycles. The van der Waals surface area contributed by atoms with Crippen LogP contribution in [0.5, 0.6) is 0 Å². The summed E-state index contributed by atoms with van der Waals surface area (Å²) in [6, 6.07) is 8.77. The number of nitrogens with one attached hydrogen (secondary N) is 3. The Bertz CT molecular complexity index is 1360. The fourth-order valence-electron chi connectivity index (χ4n) is 5.35. The summed E-state index contributed by atoms with van der Waals surface area (Å²) in [5.74, 6) is -1.23. The van der Waals surface area contributed by atoms with Crippen LogP contribution in [0.2, 0.25) is 0 Å². The lowest BCUT2D eigenvalue weighted by molar-refractivity contribution is -0.239. The van der Waals surface area contributed by atoms with E-state index in [0.717, 1.165) is 10.7 Å². The Morgan fingerprint density at radius 3 is 2.49 bits per heavy atom. The molecule has 3 N–H and O–H groups in total. The lowest BCUT2D eigenvalue weighted by atomic mass is 9.43. The lowest BCUT2D eigenvalue weighted by Crippen LogP contribution is -2.87. The van der Waals surface area contributed by atoms with Gasteiger partial charge < -0.3 is 10.6 Å². The summed E-state index contributed by atoms with van der Waals surface area (Å²) in [6.07, 6.45) is -0.386.